The normalized spacial score (nSPS) is 9.18. The zero-order chi connectivity index (χ0) is 8.27. The summed E-state index contributed by atoms with van der Waals surface area (Å²) in [4.78, 5) is 0. The van der Waals surface area contributed by atoms with Crippen molar-refractivity contribution in [3.63, 3.8) is 0 Å². The number of ether oxygens (including phenoxy) is 1. The third kappa shape index (κ3) is 1.34. The molecule has 0 bridgehead atoms. The number of aromatic hydroxyl groups is 1. The molecule has 0 aliphatic carbocycles. The first-order chi connectivity index (χ1) is 5.29. The average molecular weight is 150 g/mol. The van der Waals surface area contributed by atoms with Gasteiger partial charge in [0.15, 0.2) is 0 Å². The smallest absolute Gasteiger partial charge is 0.129 e. The van der Waals surface area contributed by atoms with Crippen LogP contribution in [0.15, 0.2) is 24.8 Å². The van der Waals surface area contributed by atoms with E-state index in [1.165, 1.54) is 0 Å². The number of rotatable bonds is 2. The highest BCUT2D eigenvalue weighted by atomic mass is 16.5. The molecule has 0 aromatic heterocycles. The summed E-state index contributed by atoms with van der Waals surface area (Å²) in [7, 11) is 1.56. The SMILES string of the molecule is C=Cc1c(O)cccc1OC. The van der Waals surface area contributed by atoms with Gasteiger partial charge in [0.2, 0.25) is 0 Å². The van der Waals surface area contributed by atoms with Gasteiger partial charge in [0.05, 0.1) is 12.7 Å². The molecule has 0 aliphatic heterocycles. The van der Waals surface area contributed by atoms with Crippen molar-refractivity contribution in [2.45, 2.75) is 0 Å². The van der Waals surface area contributed by atoms with Gasteiger partial charge in [0, 0.05) is 0 Å². The van der Waals surface area contributed by atoms with Crippen molar-refractivity contribution in [3.8, 4) is 11.5 Å². The minimum atomic E-state index is 0.194. The summed E-state index contributed by atoms with van der Waals surface area (Å²) in [5.41, 5.74) is 0.634. The molecule has 0 saturated carbocycles. The van der Waals surface area contributed by atoms with E-state index in [0.717, 1.165) is 0 Å². The van der Waals surface area contributed by atoms with Gasteiger partial charge in [-0.3, -0.25) is 0 Å². The maximum atomic E-state index is 9.27. The van der Waals surface area contributed by atoms with Gasteiger partial charge < -0.3 is 9.84 Å². The topological polar surface area (TPSA) is 29.5 Å². The second kappa shape index (κ2) is 3.10. The standard InChI is InChI=1S/C9H10O2/c1-3-7-8(10)5-4-6-9(7)11-2/h3-6,10H,1H2,2H3. The number of hydrogen-bond donors (Lipinski definition) is 1. The zero-order valence-corrected chi connectivity index (χ0v) is 6.37. The second-order valence-corrected chi connectivity index (χ2v) is 2.10. The van der Waals surface area contributed by atoms with Crippen molar-refractivity contribution in [2.24, 2.45) is 0 Å². The molecule has 0 unspecified atom stereocenters. The fourth-order valence-corrected chi connectivity index (χ4v) is 0.916. The monoisotopic (exact) mass is 150 g/mol. The Morgan fingerprint density at radius 1 is 1.55 bits per heavy atom. The number of hydrogen-bond acceptors (Lipinski definition) is 2. The zero-order valence-electron chi connectivity index (χ0n) is 6.37. The lowest BCUT2D eigenvalue weighted by Gasteiger charge is -2.04. The summed E-state index contributed by atoms with van der Waals surface area (Å²) in [5, 5.41) is 9.27. The second-order valence-electron chi connectivity index (χ2n) is 2.10. The van der Waals surface area contributed by atoms with E-state index in [0.29, 0.717) is 11.3 Å². The van der Waals surface area contributed by atoms with Crippen molar-refractivity contribution in [1.29, 1.82) is 0 Å². The van der Waals surface area contributed by atoms with Gasteiger partial charge in [0.1, 0.15) is 11.5 Å². The first-order valence-electron chi connectivity index (χ1n) is 3.28. The van der Waals surface area contributed by atoms with Crippen LogP contribution in [0, 0.1) is 0 Å². The highest BCUT2D eigenvalue weighted by molar-refractivity contribution is 5.62. The maximum Gasteiger partial charge on any atom is 0.129 e. The van der Waals surface area contributed by atoms with E-state index < -0.39 is 0 Å². The molecular formula is C9H10O2. The minimum Gasteiger partial charge on any atom is -0.507 e. The van der Waals surface area contributed by atoms with Crippen molar-refractivity contribution >= 4 is 6.08 Å². The Morgan fingerprint density at radius 2 is 2.27 bits per heavy atom. The molecular weight excluding hydrogens is 140 g/mol. The molecule has 0 fully saturated rings. The molecule has 0 radical (unpaired) electrons. The van der Waals surface area contributed by atoms with Gasteiger partial charge in [0.25, 0.3) is 0 Å². The fraction of sp³-hybridized carbons (Fsp3) is 0.111. The number of phenolic OH excluding ortho intramolecular Hbond substituents is 1. The molecule has 0 amide bonds. The largest absolute Gasteiger partial charge is 0.507 e. The molecule has 1 aromatic rings. The summed E-state index contributed by atoms with van der Waals surface area (Å²) >= 11 is 0. The number of benzene rings is 1. The van der Waals surface area contributed by atoms with E-state index in [-0.39, 0.29) is 5.75 Å². The molecule has 0 atom stereocenters. The van der Waals surface area contributed by atoms with Crippen LogP contribution in [-0.4, -0.2) is 12.2 Å². The average Bonchev–Trinajstić information content (AvgIpc) is 2.04. The molecule has 0 saturated heterocycles. The van der Waals surface area contributed by atoms with Crippen LogP contribution in [0.4, 0.5) is 0 Å². The van der Waals surface area contributed by atoms with Crippen LogP contribution in [0.1, 0.15) is 5.56 Å². The first-order valence-corrected chi connectivity index (χ1v) is 3.28. The van der Waals surface area contributed by atoms with Crippen LogP contribution < -0.4 is 4.74 Å². The molecule has 0 spiro atoms. The van der Waals surface area contributed by atoms with Crippen LogP contribution in [-0.2, 0) is 0 Å². The number of methoxy groups -OCH3 is 1. The lowest BCUT2D eigenvalue weighted by atomic mass is 10.2. The Balaban J connectivity index is 3.24. The van der Waals surface area contributed by atoms with Crippen molar-refractivity contribution < 1.29 is 9.84 Å². The Bertz CT molecular complexity index is 266. The van der Waals surface area contributed by atoms with Crippen LogP contribution >= 0.6 is 0 Å². The van der Waals surface area contributed by atoms with Crippen molar-refractivity contribution in [1.82, 2.24) is 0 Å². The van der Waals surface area contributed by atoms with Crippen LogP contribution in [0.2, 0.25) is 0 Å². The fourth-order valence-electron chi connectivity index (χ4n) is 0.916. The predicted octanol–water partition coefficient (Wildman–Crippen LogP) is 2.04. The van der Waals surface area contributed by atoms with E-state index in [1.54, 1.807) is 31.4 Å². The molecule has 58 valence electrons. The van der Waals surface area contributed by atoms with E-state index >= 15 is 0 Å². The van der Waals surface area contributed by atoms with Gasteiger partial charge in [-0.2, -0.15) is 0 Å². The van der Waals surface area contributed by atoms with E-state index in [4.69, 9.17) is 4.74 Å². The quantitative estimate of drug-likeness (QED) is 0.699. The molecule has 0 aliphatic rings. The highest BCUT2D eigenvalue weighted by Crippen LogP contribution is 2.27. The summed E-state index contributed by atoms with van der Waals surface area (Å²) in [6.45, 7) is 3.56. The predicted molar refractivity (Wildman–Crippen MR) is 44.7 cm³/mol. The maximum absolute atomic E-state index is 9.27. The molecule has 1 rings (SSSR count). The summed E-state index contributed by atoms with van der Waals surface area (Å²) in [6.07, 6.45) is 1.56. The summed E-state index contributed by atoms with van der Waals surface area (Å²) in [5.74, 6) is 0.833. The Morgan fingerprint density at radius 3 is 2.73 bits per heavy atom. The van der Waals surface area contributed by atoms with Crippen LogP contribution in [0.5, 0.6) is 11.5 Å². The lowest BCUT2D eigenvalue weighted by molar-refractivity contribution is 0.406. The van der Waals surface area contributed by atoms with E-state index in [9.17, 15) is 5.11 Å². The molecule has 2 nitrogen and oxygen atoms in total. The van der Waals surface area contributed by atoms with Gasteiger partial charge in [-0.15, -0.1) is 0 Å². The lowest BCUT2D eigenvalue weighted by Crippen LogP contribution is -1.85. The van der Waals surface area contributed by atoms with Crippen LogP contribution in [0.25, 0.3) is 6.08 Å². The number of phenols is 1. The molecule has 1 aromatic carbocycles. The molecule has 2 heteroatoms. The van der Waals surface area contributed by atoms with E-state index in [2.05, 4.69) is 6.58 Å². The molecule has 11 heavy (non-hydrogen) atoms. The Labute approximate surface area is 65.7 Å². The highest BCUT2D eigenvalue weighted by Gasteiger charge is 2.02. The summed E-state index contributed by atoms with van der Waals surface area (Å²) in [6, 6.07) is 5.09. The van der Waals surface area contributed by atoms with Gasteiger partial charge in [-0.1, -0.05) is 18.7 Å². The third-order valence-electron chi connectivity index (χ3n) is 1.47. The van der Waals surface area contributed by atoms with E-state index in [1.807, 2.05) is 0 Å². The Kier molecular flexibility index (Phi) is 2.16. The van der Waals surface area contributed by atoms with Crippen LogP contribution in [0.3, 0.4) is 0 Å². The summed E-state index contributed by atoms with van der Waals surface area (Å²) < 4.78 is 4.99. The Hall–Kier alpha value is -1.44. The third-order valence-corrected chi connectivity index (χ3v) is 1.47. The van der Waals surface area contributed by atoms with Gasteiger partial charge >= 0.3 is 0 Å². The van der Waals surface area contributed by atoms with Gasteiger partial charge in [-0.05, 0) is 12.1 Å². The van der Waals surface area contributed by atoms with Gasteiger partial charge in [-0.25, -0.2) is 0 Å². The van der Waals surface area contributed by atoms with Crippen molar-refractivity contribution in [3.05, 3.63) is 30.3 Å². The molecule has 1 N–H and O–H groups in total. The first kappa shape index (κ1) is 7.66. The van der Waals surface area contributed by atoms with Crippen molar-refractivity contribution in [2.75, 3.05) is 7.11 Å². The minimum absolute atomic E-state index is 0.194. The molecule has 0 heterocycles.